The SMILES string of the molecule is COc1c(C)cc(C(Br)C2COCCO2)cc1C. The van der Waals surface area contributed by atoms with Gasteiger partial charge in [-0.05, 0) is 30.5 Å². The Morgan fingerprint density at radius 2 is 1.94 bits per heavy atom. The summed E-state index contributed by atoms with van der Waals surface area (Å²) in [5.74, 6) is 0.958. The molecule has 2 atom stereocenters. The molecule has 1 aromatic rings. The van der Waals surface area contributed by atoms with Crippen molar-refractivity contribution in [3.63, 3.8) is 0 Å². The molecule has 1 aliphatic rings. The molecular formula is C14H19BrO3. The maximum Gasteiger partial charge on any atom is 0.124 e. The summed E-state index contributed by atoms with van der Waals surface area (Å²) < 4.78 is 16.6. The van der Waals surface area contributed by atoms with Gasteiger partial charge in [-0.3, -0.25) is 0 Å². The van der Waals surface area contributed by atoms with Gasteiger partial charge in [-0.1, -0.05) is 28.1 Å². The Balaban J connectivity index is 2.22. The van der Waals surface area contributed by atoms with Gasteiger partial charge in [0.15, 0.2) is 0 Å². The van der Waals surface area contributed by atoms with Crippen molar-refractivity contribution in [2.45, 2.75) is 24.8 Å². The fourth-order valence-corrected chi connectivity index (χ4v) is 2.92. The fourth-order valence-electron chi connectivity index (χ4n) is 2.35. The molecule has 18 heavy (non-hydrogen) atoms. The number of hydrogen-bond acceptors (Lipinski definition) is 3. The first-order chi connectivity index (χ1) is 8.63. The quantitative estimate of drug-likeness (QED) is 0.802. The van der Waals surface area contributed by atoms with Crippen molar-refractivity contribution in [1.29, 1.82) is 0 Å². The van der Waals surface area contributed by atoms with Gasteiger partial charge < -0.3 is 14.2 Å². The summed E-state index contributed by atoms with van der Waals surface area (Å²) in [6.45, 7) is 6.12. The summed E-state index contributed by atoms with van der Waals surface area (Å²) in [6.07, 6.45) is 0.0749. The van der Waals surface area contributed by atoms with E-state index < -0.39 is 0 Å². The number of methoxy groups -OCH3 is 1. The second-order valence-electron chi connectivity index (χ2n) is 4.57. The number of alkyl halides is 1. The lowest BCUT2D eigenvalue weighted by molar-refractivity contribution is -0.0876. The van der Waals surface area contributed by atoms with Crippen LogP contribution in [0.25, 0.3) is 0 Å². The third kappa shape index (κ3) is 2.87. The Morgan fingerprint density at radius 3 is 2.44 bits per heavy atom. The summed E-state index contributed by atoms with van der Waals surface area (Å²) in [7, 11) is 1.71. The predicted molar refractivity (Wildman–Crippen MR) is 74.7 cm³/mol. The van der Waals surface area contributed by atoms with Crippen molar-refractivity contribution in [3.05, 3.63) is 28.8 Å². The van der Waals surface area contributed by atoms with Gasteiger partial charge in [-0.2, -0.15) is 0 Å². The Labute approximate surface area is 117 Å². The maximum absolute atomic E-state index is 5.73. The molecule has 2 rings (SSSR count). The highest BCUT2D eigenvalue weighted by atomic mass is 79.9. The van der Waals surface area contributed by atoms with Crippen molar-refractivity contribution < 1.29 is 14.2 Å². The summed E-state index contributed by atoms with van der Waals surface area (Å²) in [5, 5.41) is 0. The van der Waals surface area contributed by atoms with Gasteiger partial charge in [0.2, 0.25) is 0 Å². The van der Waals surface area contributed by atoms with E-state index in [2.05, 4.69) is 41.9 Å². The molecule has 0 N–H and O–H groups in total. The molecule has 1 aromatic carbocycles. The summed E-state index contributed by atoms with van der Waals surface area (Å²) in [5.41, 5.74) is 3.50. The van der Waals surface area contributed by atoms with Crippen LogP contribution in [0.5, 0.6) is 5.75 Å². The maximum atomic E-state index is 5.73. The average Bonchev–Trinajstić information content (AvgIpc) is 2.38. The Morgan fingerprint density at radius 1 is 1.28 bits per heavy atom. The van der Waals surface area contributed by atoms with Crippen LogP contribution in [0, 0.1) is 13.8 Å². The molecule has 1 saturated heterocycles. The Hall–Kier alpha value is -0.580. The molecule has 0 radical (unpaired) electrons. The molecule has 2 unspecified atom stereocenters. The second kappa shape index (κ2) is 6.04. The molecule has 0 aliphatic carbocycles. The van der Waals surface area contributed by atoms with Crippen LogP contribution in [0.4, 0.5) is 0 Å². The van der Waals surface area contributed by atoms with Gasteiger partial charge in [0, 0.05) is 0 Å². The van der Waals surface area contributed by atoms with Gasteiger partial charge >= 0.3 is 0 Å². The van der Waals surface area contributed by atoms with Crippen LogP contribution in [0.1, 0.15) is 21.5 Å². The molecule has 0 spiro atoms. The van der Waals surface area contributed by atoms with Crippen LogP contribution in [0.3, 0.4) is 0 Å². The number of halogens is 1. The predicted octanol–water partition coefficient (Wildman–Crippen LogP) is 3.16. The molecule has 4 heteroatoms. The number of benzene rings is 1. The van der Waals surface area contributed by atoms with E-state index in [0.717, 1.165) is 16.9 Å². The topological polar surface area (TPSA) is 27.7 Å². The van der Waals surface area contributed by atoms with Gasteiger partial charge in [0.05, 0.1) is 37.9 Å². The molecular weight excluding hydrogens is 296 g/mol. The Kier molecular flexibility index (Phi) is 4.65. The van der Waals surface area contributed by atoms with Crippen molar-refractivity contribution in [2.75, 3.05) is 26.9 Å². The third-order valence-electron chi connectivity index (χ3n) is 3.17. The smallest absolute Gasteiger partial charge is 0.124 e. The van der Waals surface area contributed by atoms with E-state index >= 15 is 0 Å². The standard InChI is InChI=1S/C14H19BrO3/c1-9-6-11(7-10(2)14(9)16-3)13(15)12-8-17-4-5-18-12/h6-7,12-13H,4-5,8H2,1-3H3. The zero-order valence-electron chi connectivity index (χ0n) is 11.0. The first-order valence-electron chi connectivity index (χ1n) is 6.12. The lowest BCUT2D eigenvalue weighted by Crippen LogP contribution is -2.31. The van der Waals surface area contributed by atoms with Crippen LogP contribution < -0.4 is 4.74 Å². The van der Waals surface area contributed by atoms with Crippen molar-refractivity contribution in [3.8, 4) is 5.75 Å². The number of ether oxygens (including phenoxy) is 3. The van der Waals surface area contributed by atoms with E-state index in [1.807, 2.05) is 0 Å². The van der Waals surface area contributed by atoms with E-state index in [-0.39, 0.29) is 10.9 Å². The van der Waals surface area contributed by atoms with Crippen LogP contribution in [0.15, 0.2) is 12.1 Å². The van der Waals surface area contributed by atoms with E-state index in [4.69, 9.17) is 14.2 Å². The van der Waals surface area contributed by atoms with Crippen LogP contribution in [-0.4, -0.2) is 33.0 Å². The van der Waals surface area contributed by atoms with Crippen LogP contribution >= 0.6 is 15.9 Å². The average molecular weight is 315 g/mol. The second-order valence-corrected chi connectivity index (χ2v) is 5.56. The van der Waals surface area contributed by atoms with E-state index in [1.165, 1.54) is 5.56 Å². The molecule has 1 aliphatic heterocycles. The summed E-state index contributed by atoms with van der Waals surface area (Å²) in [4.78, 5) is 0.154. The van der Waals surface area contributed by atoms with Crippen molar-refractivity contribution in [2.24, 2.45) is 0 Å². The highest BCUT2D eigenvalue weighted by molar-refractivity contribution is 9.09. The molecule has 3 nitrogen and oxygen atoms in total. The minimum Gasteiger partial charge on any atom is -0.496 e. The van der Waals surface area contributed by atoms with Crippen molar-refractivity contribution in [1.82, 2.24) is 0 Å². The van der Waals surface area contributed by atoms with Gasteiger partial charge in [0.1, 0.15) is 5.75 Å². The molecule has 1 heterocycles. The van der Waals surface area contributed by atoms with E-state index in [0.29, 0.717) is 19.8 Å². The van der Waals surface area contributed by atoms with E-state index in [1.54, 1.807) is 7.11 Å². The van der Waals surface area contributed by atoms with Gasteiger partial charge in [-0.15, -0.1) is 0 Å². The summed E-state index contributed by atoms with van der Waals surface area (Å²) in [6, 6.07) is 4.28. The number of hydrogen-bond donors (Lipinski definition) is 0. The highest BCUT2D eigenvalue weighted by Crippen LogP contribution is 2.34. The fraction of sp³-hybridized carbons (Fsp3) is 0.571. The minimum absolute atomic E-state index is 0.0749. The molecule has 1 fully saturated rings. The van der Waals surface area contributed by atoms with Crippen molar-refractivity contribution >= 4 is 15.9 Å². The third-order valence-corrected chi connectivity index (χ3v) is 4.29. The summed E-state index contributed by atoms with van der Waals surface area (Å²) >= 11 is 3.72. The van der Waals surface area contributed by atoms with Gasteiger partial charge in [0.25, 0.3) is 0 Å². The Bertz CT molecular complexity index is 390. The molecule has 0 bridgehead atoms. The first-order valence-corrected chi connectivity index (χ1v) is 7.03. The first kappa shape index (κ1) is 13.8. The monoisotopic (exact) mass is 314 g/mol. The zero-order chi connectivity index (χ0) is 13.1. The minimum atomic E-state index is 0.0749. The number of rotatable bonds is 3. The molecule has 100 valence electrons. The lowest BCUT2D eigenvalue weighted by Gasteiger charge is -2.28. The largest absolute Gasteiger partial charge is 0.496 e. The van der Waals surface area contributed by atoms with Gasteiger partial charge in [-0.25, -0.2) is 0 Å². The molecule has 0 aromatic heterocycles. The lowest BCUT2D eigenvalue weighted by atomic mass is 10.0. The normalized spacial score (nSPS) is 21.7. The van der Waals surface area contributed by atoms with Crippen LogP contribution in [-0.2, 0) is 9.47 Å². The van der Waals surface area contributed by atoms with E-state index in [9.17, 15) is 0 Å². The zero-order valence-corrected chi connectivity index (χ0v) is 12.6. The highest BCUT2D eigenvalue weighted by Gasteiger charge is 2.25. The number of aryl methyl sites for hydroxylation is 2. The van der Waals surface area contributed by atoms with Crippen LogP contribution in [0.2, 0.25) is 0 Å². The molecule has 0 amide bonds. The molecule has 0 saturated carbocycles.